The van der Waals surface area contributed by atoms with E-state index in [0.29, 0.717) is 0 Å². The highest BCUT2D eigenvalue weighted by molar-refractivity contribution is 9.10. The number of benzene rings is 2. The average Bonchev–Trinajstić information content (AvgIpc) is 2.97. The average molecular weight is 345 g/mol. The Balaban J connectivity index is 1.67. The summed E-state index contributed by atoms with van der Waals surface area (Å²) < 4.78 is 1.09. The molecule has 2 nitrogen and oxygen atoms in total. The van der Waals surface area contributed by atoms with Crippen LogP contribution in [0.2, 0.25) is 0 Å². The number of halogens is 1. The minimum atomic E-state index is 0.741. The molecule has 0 saturated carbocycles. The molecule has 0 aliphatic carbocycles. The highest BCUT2D eigenvalue weighted by atomic mass is 79.9. The van der Waals surface area contributed by atoms with Crippen molar-refractivity contribution in [2.45, 2.75) is 6.54 Å². The smallest absolute Gasteiger partial charge is 0.123 e. The molecule has 2 aromatic carbocycles. The second-order valence-corrected chi connectivity index (χ2v) is 6.14. The third-order valence-electron chi connectivity index (χ3n) is 2.89. The molecule has 0 atom stereocenters. The molecule has 1 heterocycles. The highest BCUT2D eigenvalue weighted by Crippen LogP contribution is 2.23. The fourth-order valence-electron chi connectivity index (χ4n) is 1.86. The maximum atomic E-state index is 4.66. The van der Waals surface area contributed by atoms with E-state index >= 15 is 0 Å². The molecule has 100 valence electrons. The van der Waals surface area contributed by atoms with Crippen LogP contribution in [0.4, 0.5) is 5.69 Å². The molecule has 0 amide bonds. The summed E-state index contributed by atoms with van der Waals surface area (Å²) in [6.07, 6.45) is 0. The van der Waals surface area contributed by atoms with E-state index in [1.165, 1.54) is 5.56 Å². The SMILES string of the molecule is Brc1ccc(NCc2csc(-c3ccccc3)n2)cc1. The molecule has 0 aliphatic rings. The first-order chi connectivity index (χ1) is 9.81. The minimum Gasteiger partial charge on any atom is -0.379 e. The Hall–Kier alpha value is -1.65. The Kier molecular flexibility index (Phi) is 4.14. The maximum Gasteiger partial charge on any atom is 0.123 e. The van der Waals surface area contributed by atoms with E-state index in [2.05, 4.69) is 55.9 Å². The van der Waals surface area contributed by atoms with Crippen molar-refractivity contribution in [2.24, 2.45) is 0 Å². The van der Waals surface area contributed by atoms with Crippen LogP contribution in [0.3, 0.4) is 0 Å². The lowest BCUT2D eigenvalue weighted by molar-refractivity contribution is 1.08. The van der Waals surface area contributed by atoms with Crippen LogP contribution < -0.4 is 5.32 Å². The van der Waals surface area contributed by atoms with Gasteiger partial charge in [-0.3, -0.25) is 0 Å². The zero-order chi connectivity index (χ0) is 13.8. The van der Waals surface area contributed by atoms with E-state index < -0.39 is 0 Å². The van der Waals surface area contributed by atoms with Crippen molar-refractivity contribution in [1.29, 1.82) is 0 Å². The third kappa shape index (κ3) is 3.26. The van der Waals surface area contributed by atoms with Crippen molar-refractivity contribution in [1.82, 2.24) is 4.98 Å². The molecule has 0 unspecified atom stereocenters. The quantitative estimate of drug-likeness (QED) is 0.704. The molecular formula is C16H13BrN2S. The number of hydrogen-bond acceptors (Lipinski definition) is 3. The van der Waals surface area contributed by atoms with Crippen LogP contribution in [-0.4, -0.2) is 4.98 Å². The number of thiazole rings is 1. The van der Waals surface area contributed by atoms with Crippen molar-refractivity contribution < 1.29 is 0 Å². The summed E-state index contributed by atoms with van der Waals surface area (Å²) in [7, 11) is 0. The number of anilines is 1. The first-order valence-corrected chi connectivity index (χ1v) is 7.98. The van der Waals surface area contributed by atoms with Gasteiger partial charge in [-0.05, 0) is 24.3 Å². The predicted octanol–water partition coefficient (Wildman–Crippen LogP) is 5.18. The number of nitrogens with zero attached hydrogens (tertiary/aromatic N) is 1. The fourth-order valence-corrected chi connectivity index (χ4v) is 2.95. The highest BCUT2D eigenvalue weighted by Gasteiger charge is 2.04. The standard InChI is InChI=1S/C16H13BrN2S/c17-13-6-8-14(9-7-13)18-10-15-11-20-16(19-15)12-4-2-1-3-5-12/h1-9,11,18H,10H2. The monoisotopic (exact) mass is 344 g/mol. The Morgan fingerprint density at radius 1 is 1.00 bits per heavy atom. The summed E-state index contributed by atoms with van der Waals surface area (Å²) in [6.45, 7) is 0.741. The topological polar surface area (TPSA) is 24.9 Å². The summed E-state index contributed by atoms with van der Waals surface area (Å²) in [5.74, 6) is 0. The van der Waals surface area contributed by atoms with Crippen LogP contribution >= 0.6 is 27.3 Å². The lowest BCUT2D eigenvalue weighted by Crippen LogP contribution is -1.99. The van der Waals surface area contributed by atoms with Gasteiger partial charge >= 0.3 is 0 Å². The molecule has 0 aliphatic heterocycles. The lowest BCUT2D eigenvalue weighted by atomic mass is 10.2. The van der Waals surface area contributed by atoms with Gasteiger partial charge in [0.2, 0.25) is 0 Å². The van der Waals surface area contributed by atoms with Gasteiger partial charge in [0.15, 0.2) is 0 Å². The van der Waals surface area contributed by atoms with E-state index in [1.807, 2.05) is 30.3 Å². The molecule has 3 rings (SSSR count). The second-order valence-electron chi connectivity index (χ2n) is 4.37. The number of rotatable bonds is 4. The summed E-state index contributed by atoms with van der Waals surface area (Å²) in [6, 6.07) is 18.4. The van der Waals surface area contributed by atoms with Gasteiger partial charge in [0.05, 0.1) is 12.2 Å². The van der Waals surface area contributed by atoms with Gasteiger partial charge in [-0.1, -0.05) is 46.3 Å². The molecule has 0 radical (unpaired) electrons. The Morgan fingerprint density at radius 3 is 2.50 bits per heavy atom. The van der Waals surface area contributed by atoms with Gasteiger partial charge in [-0.15, -0.1) is 11.3 Å². The summed E-state index contributed by atoms with van der Waals surface area (Å²) in [5.41, 5.74) is 3.34. The van der Waals surface area contributed by atoms with Gasteiger partial charge < -0.3 is 5.32 Å². The van der Waals surface area contributed by atoms with Crippen LogP contribution in [-0.2, 0) is 6.54 Å². The van der Waals surface area contributed by atoms with Crippen molar-refractivity contribution in [3.05, 3.63) is 70.1 Å². The predicted molar refractivity (Wildman–Crippen MR) is 89.0 cm³/mol. The van der Waals surface area contributed by atoms with E-state index in [9.17, 15) is 0 Å². The van der Waals surface area contributed by atoms with E-state index in [0.717, 1.165) is 27.4 Å². The first kappa shape index (κ1) is 13.3. The van der Waals surface area contributed by atoms with E-state index in [4.69, 9.17) is 0 Å². The van der Waals surface area contributed by atoms with Crippen molar-refractivity contribution in [3.63, 3.8) is 0 Å². The summed E-state index contributed by atoms with van der Waals surface area (Å²) >= 11 is 5.11. The third-order valence-corrected chi connectivity index (χ3v) is 4.36. The zero-order valence-electron chi connectivity index (χ0n) is 10.7. The Bertz CT molecular complexity index is 677. The van der Waals surface area contributed by atoms with Crippen molar-refractivity contribution >= 4 is 33.0 Å². The van der Waals surface area contributed by atoms with Gasteiger partial charge in [-0.2, -0.15) is 0 Å². The Labute approximate surface area is 130 Å². The molecule has 1 N–H and O–H groups in total. The molecule has 0 saturated heterocycles. The maximum absolute atomic E-state index is 4.66. The van der Waals surface area contributed by atoms with Crippen molar-refractivity contribution in [3.8, 4) is 10.6 Å². The largest absolute Gasteiger partial charge is 0.379 e. The summed E-state index contributed by atoms with van der Waals surface area (Å²) in [5, 5.41) is 6.55. The molecular weight excluding hydrogens is 332 g/mol. The van der Waals surface area contributed by atoms with Gasteiger partial charge in [0.1, 0.15) is 5.01 Å². The van der Waals surface area contributed by atoms with Crippen LogP contribution in [0.25, 0.3) is 10.6 Å². The number of aromatic nitrogens is 1. The molecule has 0 fully saturated rings. The fraction of sp³-hybridized carbons (Fsp3) is 0.0625. The molecule has 4 heteroatoms. The number of hydrogen-bond donors (Lipinski definition) is 1. The van der Waals surface area contributed by atoms with E-state index in [1.54, 1.807) is 11.3 Å². The normalized spacial score (nSPS) is 10.4. The van der Waals surface area contributed by atoms with Crippen LogP contribution in [0.1, 0.15) is 5.69 Å². The van der Waals surface area contributed by atoms with Crippen molar-refractivity contribution in [2.75, 3.05) is 5.32 Å². The summed E-state index contributed by atoms with van der Waals surface area (Å²) in [4.78, 5) is 4.66. The second kappa shape index (κ2) is 6.20. The number of nitrogens with one attached hydrogen (secondary N) is 1. The van der Waals surface area contributed by atoms with Crippen LogP contribution in [0.5, 0.6) is 0 Å². The Morgan fingerprint density at radius 2 is 1.75 bits per heavy atom. The van der Waals surface area contributed by atoms with Crippen LogP contribution in [0, 0.1) is 0 Å². The first-order valence-electron chi connectivity index (χ1n) is 6.30. The zero-order valence-corrected chi connectivity index (χ0v) is 13.1. The van der Waals surface area contributed by atoms with E-state index in [-0.39, 0.29) is 0 Å². The van der Waals surface area contributed by atoms with Gasteiger partial charge in [-0.25, -0.2) is 4.98 Å². The molecule has 0 spiro atoms. The molecule has 0 bridgehead atoms. The molecule has 20 heavy (non-hydrogen) atoms. The van der Waals surface area contributed by atoms with Crippen LogP contribution in [0.15, 0.2) is 64.5 Å². The van der Waals surface area contributed by atoms with Gasteiger partial charge in [0.25, 0.3) is 0 Å². The molecule has 1 aromatic heterocycles. The van der Waals surface area contributed by atoms with Gasteiger partial charge in [0, 0.05) is 21.1 Å². The molecule has 3 aromatic rings. The lowest BCUT2D eigenvalue weighted by Gasteiger charge is -2.04. The minimum absolute atomic E-state index is 0.741.